The number of benzene rings is 1. The molecule has 1 saturated carbocycles. The van der Waals surface area contributed by atoms with Crippen LogP contribution in [0.2, 0.25) is 0 Å². The van der Waals surface area contributed by atoms with Crippen LogP contribution in [0.4, 0.5) is 23.7 Å². The molecule has 1 heterocycles. The molecule has 0 aromatic heterocycles. The predicted octanol–water partition coefficient (Wildman–Crippen LogP) is 3.94. The van der Waals surface area contributed by atoms with Gasteiger partial charge in [0.05, 0.1) is 16.8 Å². The van der Waals surface area contributed by atoms with E-state index in [0.717, 1.165) is 38.2 Å². The Kier molecular flexibility index (Phi) is 3.34. The molecule has 1 N–H and O–H groups in total. The monoisotopic (exact) mass is 298 g/mol. The van der Waals surface area contributed by atoms with Crippen molar-refractivity contribution in [3.8, 4) is 0 Å². The molecule has 21 heavy (non-hydrogen) atoms. The Morgan fingerprint density at radius 3 is 2.43 bits per heavy atom. The summed E-state index contributed by atoms with van der Waals surface area (Å²) in [7, 11) is 0. The van der Waals surface area contributed by atoms with Crippen LogP contribution in [-0.4, -0.2) is 18.1 Å². The number of carbonyl (C=O) groups is 1. The summed E-state index contributed by atoms with van der Waals surface area (Å²) in [6.45, 7) is 0.429. The number of urea groups is 1. The van der Waals surface area contributed by atoms with Crippen molar-refractivity contribution in [2.24, 2.45) is 0 Å². The molecule has 1 aromatic rings. The lowest BCUT2D eigenvalue weighted by atomic mass is 9.81. The van der Waals surface area contributed by atoms with Crippen molar-refractivity contribution in [1.29, 1.82) is 0 Å². The van der Waals surface area contributed by atoms with Gasteiger partial charge in [0.15, 0.2) is 0 Å². The summed E-state index contributed by atoms with van der Waals surface area (Å²) in [6, 6.07) is 4.91. The first-order chi connectivity index (χ1) is 9.94. The summed E-state index contributed by atoms with van der Waals surface area (Å²) in [4.78, 5) is 13.5. The van der Waals surface area contributed by atoms with E-state index in [1.165, 1.54) is 17.0 Å². The molecule has 2 amide bonds. The molecule has 114 valence electrons. The number of carbonyl (C=O) groups excluding carboxylic acids is 1. The Balaban J connectivity index is 2.07. The van der Waals surface area contributed by atoms with Crippen LogP contribution in [0, 0.1) is 0 Å². The zero-order valence-electron chi connectivity index (χ0n) is 11.5. The quantitative estimate of drug-likeness (QED) is 0.837. The molecule has 1 aromatic carbocycles. The summed E-state index contributed by atoms with van der Waals surface area (Å²) >= 11 is 0. The maximum absolute atomic E-state index is 13.2. The normalized spacial score (nSPS) is 21.7. The molecule has 1 aliphatic heterocycles. The predicted molar refractivity (Wildman–Crippen MR) is 73.1 cm³/mol. The molecule has 2 aliphatic rings. The number of hydrogen-bond donors (Lipinski definition) is 1. The van der Waals surface area contributed by atoms with Crippen molar-refractivity contribution in [3.05, 3.63) is 29.8 Å². The average Bonchev–Trinajstić information content (AvgIpc) is 2.75. The number of rotatable bonds is 1. The van der Waals surface area contributed by atoms with E-state index in [-0.39, 0.29) is 5.69 Å². The van der Waals surface area contributed by atoms with Gasteiger partial charge in [-0.2, -0.15) is 13.2 Å². The Morgan fingerprint density at radius 2 is 1.76 bits per heavy atom. The molecule has 0 unspecified atom stereocenters. The van der Waals surface area contributed by atoms with Gasteiger partial charge < -0.3 is 5.32 Å². The standard InChI is InChI=1S/C15H17F3N2O/c16-15(17,18)11-6-2-3-7-12(11)20-13(21)19-10-14(20)8-4-1-5-9-14/h2-3,6-7H,1,4-5,8-10H2,(H,19,21). The number of halogens is 3. The molecule has 1 saturated heterocycles. The average molecular weight is 298 g/mol. The maximum atomic E-state index is 13.2. The lowest BCUT2D eigenvalue weighted by Gasteiger charge is -2.40. The second kappa shape index (κ2) is 4.93. The van der Waals surface area contributed by atoms with Gasteiger partial charge in [0.25, 0.3) is 0 Å². The van der Waals surface area contributed by atoms with E-state index in [1.54, 1.807) is 6.07 Å². The van der Waals surface area contributed by atoms with Gasteiger partial charge in [-0.1, -0.05) is 31.4 Å². The summed E-state index contributed by atoms with van der Waals surface area (Å²) in [5.41, 5.74) is -1.27. The fourth-order valence-electron chi connectivity index (χ4n) is 3.50. The van der Waals surface area contributed by atoms with Crippen LogP contribution in [0.5, 0.6) is 0 Å². The third-order valence-electron chi connectivity index (χ3n) is 4.48. The van der Waals surface area contributed by atoms with Crippen LogP contribution in [-0.2, 0) is 6.18 Å². The largest absolute Gasteiger partial charge is 0.418 e. The van der Waals surface area contributed by atoms with E-state index in [0.29, 0.717) is 6.54 Å². The highest BCUT2D eigenvalue weighted by Crippen LogP contribution is 2.44. The van der Waals surface area contributed by atoms with E-state index in [2.05, 4.69) is 5.32 Å². The molecule has 6 heteroatoms. The van der Waals surface area contributed by atoms with E-state index in [1.807, 2.05) is 0 Å². The molecule has 3 nitrogen and oxygen atoms in total. The smallest absolute Gasteiger partial charge is 0.335 e. The first kappa shape index (κ1) is 14.2. The topological polar surface area (TPSA) is 32.3 Å². The highest BCUT2D eigenvalue weighted by Gasteiger charge is 2.49. The SMILES string of the molecule is O=C1NCC2(CCCCC2)N1c1ccccc1C(F)(F)F. The zero-order chi connectivity index (χ0) is 15.1. The third-order valence-corrected chi connectivity index (χ3v) is 4.48. The molecule has 0 bridgehead atoms. The van der Waals surface area contributed by atoms with Crippen molar-refractivity contribution in [3.63, 3.8) is 0 Å². The van der Waals surface area contributed by atoms with Crippen molar-refractivity contribution in [2.45, 2.75) is 43.8 Å². The van der Waals surface area contributed by atoms with E-state index in [9.17, 15) is 18.0 Å². The van der Waals surface area contributed by atoms with E-state index >= 15 is 0 Å². The van der Waals surface area contributed by atoms with Crippen LogP contribution in [0.3, 0.4) is 0 Å². The van der Waals surface area contributed by atoms with Gasteiger partial charge in [0, 0.05) is 6.54 Å². The number of amides is 2. The summed E-state index contributed by atoms with van der Waals surface area (Å²) in [5, 5.41) is 2.73. The van der Waals surface area contributed by atoms with Gasteiger partial charge in [0.1, 0.15) is 0 Å². The lowest BCUT2D eigenvalue weighted by molar-refractivity contribution is -0.137. The molecule has 3 rings (SSSR count). The maximum Gasteiger partial charge on any atom is 0.418 e. The fraction of sp³-hybridized carbons (Fsp3) is 0.533. The van der Waals surface area contributed by atoms with Gasteiger partial charge in [0.2, 0.25) is 0 Å². The first-order valence-electron chi connectivity index (χ1n) is 7.18. The Hall–Kier alpha value is -1.72. The zero-order valence-corrected chi connectivity index (χ0v) is 11.5. The molecular formula is C15H17F3N2O. The van der Waals surface area contributed by atoms with Crippen LogP contribution in [0.15, 0.2) is 24.3 Å². The summed E-state index contributed by atoms with van der Waals surface area (Å²) in [6.07, 6.45) is -0.00479. The number of anilines is 1. The van der Waals surface area contributed by atoms with Gasteiger partial charge in [-0.3, -0.25) is 4.90 Å². The molecule has 1 aliphatic carbocycles. The van der Waals surface area contributed by atoms with Gasteiger partial charge >= 0.3 is 12.2 Å². The van der Waals surface area contributed by atoms with Crippen LogP contribution < -0.4 is 10.2 Å². The molecule has 0 radical (unpaired) electrons. The summed E-state index contributed by atoms with van der Waals surface area (Å²) in [5.74, 6) is 0. The van der Waals surface area contributed by atoms with Gasteiger partial charge in [-0.05, 0) is 25.0 Å². The lowest BCUT2D eigenvalue weighted by Crippen LogP contribution is -2.49. The molecular weight excluding hydrogens is 281 g/mol. The number of para-hydroxylation sites is 1. The van der Waals surface area contributed by atoms with Crippen molar-refractivity contribution in [1.82, 2.24) is 5.32 Å². The molecule has 0 atom stereocenters. The summed E-state index contributed by atoms with van der Waals surface area (Å²) < 4.78 is 39.7. The highest BCUT2D eigenvalue weighted by atomic mass is 19.4. The highest BCUT2D eigenvalue weighted by molar-refractivity contribution is 5.97. The van der Waals surface area contributed by atoms with E-state index in [4.69, 9.17) is 0 Å². The van der Waals surface area contributed by atoms with Crippen LogP contribution in [0.25, 0.3) is 0 Å². The second-order valence-electron chi connectivity index (χ2n) is 5.79. The minimum absolute atomic E-state index is 0.0260. The third kappa shape index (κ3) is 2.36. The van der Waals surface area contributed by atoms with Crippen LogP contribution >= 0.6 is 0 Å². The van der Waals surface area contributed by atoms with Crippen molar-refractivity contribution < 1.29 is 18.0 Å². The first-order valence-corrected chi connectivity index (χ1v) is 7.18. The van der Waals surface area contributed by atoms with E-state index < -0.39 is 23.3 Å². The number of hydrogen-bond acceptors (Lipinski definition) is 1. The second-order valence-corrected chi connectivity index (χ2v) is 5.79. The minimum atomic E-state index is -4.46. The van der Waals surface area contributed by atoms with Crippen molar-refractivity contribution in [2.75, 3.05) is 11.4 Å². The number of nitrogens with one attached hydrogen (secondary N) is 1. The Morgan fingerprint density at radius 1 is 1.10 bits per heavy atom. The number of alkyl halides is 3. The van der Waals surface area contributed by atoms with Gasteiger partial charge in [-0.25, -0.2) is 4.79 Å². The Labute approximate surface area is 121 Å². The fourth-order valence-corrected chi connectivity index (χ4v) is 3.50. The van der Waals surface area contributed by atoms with Gasteiger partial charge in [-0.15, -0.1) is 0 Å². The minimum Gasteiger partial charge on any atom is -0.335 e. The van der Waals surface area contributed by atoms with Crippen molar-refractivity contribution >= 4 is 11.7 Å². The Bertz CT molecular complexity index is 550. The van der Waals surface area contributed by atoms with Crippen LogP contribution in [0.1, 0.15) is 37.7 Å². The molecule has 1 spiro atoms. The number of nitrogens with zero attached hydrogens (tertiary/aromatic N) is 1. The molecule has 2 fully saturated rings.